The molecular weight excluding hydrogens is 349 g/mol. The number of aromatic nitrogens is 2. The number of hydrogen-bond acceptors (Lipinski definition) is 5. The molecule has 0 radical (unpaired) electrons. The second-order valence-electron chi connectivity index (χ2n) is 6.48. The first-order chi connectivity index (χ1) is 12.4. The average Bonchev–Trinajstić information content (AvgIpc) is 3.09. The Morgan fingerprint density at radius 2 is 1.81 bits per heavy atom. The molecule has 9 heteroatoms. The SMILES string of the molecule is CC(C)c1nnc(CN2CCN(C(=O)c3ccc(F)c(F)c3F)CC2)o1. The van der Waals surface area contributed by atoms with Crippen LogP contribution in [0.25, 0.3) is 0 Å². The number of piperazine rings is 1. The van der Waals surface area contributed by atoms with Crippen molar-refractivity contribution in [3.8, 4) is 0 Å². The molecule has 0 spiro atoms. The van der Waals surface area contributed by atoms with E-state index >= 15 is 0 Å². The second-order valence-corrected chi connectivity index (χ2v) is 6.48. The van der Waals surface area contributed by atoms with Crippen molar-refractivity contribution in [1.29, 1.82) is 0 Å². The largest absolute Gasteiger partial charge is 0.424 e. The minimum atomic E-state index is -1.63. The summed E-state index contributed by atoms with van der Waals surface area (Å²) in [4.78, 5) is 15.8. The molecule has 0 bridgehead atoms. The Balaban J connectivity index is 1.59. The lowest BCUT2D eigenvalue weighted by Crippen LogP contribution is -2.48. The number of carbonyl (C=O) groups excluding carboxylic acids is 1. The second kappa shape index (κ2) is 7.45. The van der Waals surface area contributed by atoms with Crippen LogP contribution in [0.5, 0.6) is 0 Å². The molecule has 1 amide bonds. The maximum atomic E-state index is 13.8. The Labute approximate surface area is 148 Å². The lowest BCUT2D eigenvalue weighted by Gasteiger charge is -2.34. The summed E-state index contributed by atoms with van der Waals surface area (Å²) in [5, 5.41) is 7.97. The van der Waals surface area contributed by atoms with Crippen LogP contribution in [0.3, 0.4) is 0 Å². The number of benzene rings is 1. The maximum Gasteiger partial charge on any atom is 0.257 e. The van der Waals surface area contributed by atoms with Gasteiger partial charge in [0.15, 0.2) is 17.5 Å². The van der Waals surface area contributed by atoms with Crippen LogP contribution in [0.2, 0.25) is 0 Å². The Morgan fingerprint density at radius 3 is 2.42 bits per heavy atom. The monoisotopic (exact) mass is 368 g/mol. The molecule has 6 nitrogen and oxygen atoms in total. The zero-order valence-electron chi connectivity index (χ0n) is 14.5. The van der Waals surface area contributed by atoms with Gasteiger partial charge in [0.2, 0.25) is 11.8 Å². The Hall–Kier alpha value is -2.42. The minimum Gasteiger partial charge on any atom is -0.424 e. The fraction of sp³-hybridized carbons (Fsp3) is 0.471. The van der Waals surface area contributed by atoms with Crippen molar-refractivity contribution < 1.29 is 22.4 Å². The van der Waals surface area contributed by atoms with Gasteiger partial charge in [0, 0.05) is 32.1 Å². The fourth-order valence-electron chi connectivity index (χ4n) is 2.73. The van der Waals surface area contributed by atoms with Crippen molar-refractivity contribution in [3.63, 3.8) is 0 Å². The van der Waals surface area contributed by atoms with Crippen molar-refractivity contribution in [1.82, 2.24) is 20.0 Å². The summed E-state index contributed by atoms with van der Waals surface area (Å²) in [7, 11) is 0. The molecule has 140 valence electrons. The van der Waals surface area contributed by atoms with Gasteiger partial charge in [-0.15, -0.1) is 10.2 Å². The molecule has 0 N–H and O–H groups in total. The van der Waals surface area contributed by atoms with Gasteiger partial charge in [0.05, 0.1) is 12.1 Å². The third-order valence-corrected chi connectivity index (χ3v) is 4.26. The number of rotatable bonds is 4. The number of carbonyl (C=O) groups is 1. The molecule has 0 aliphatic carbocycles. The molecule has 1 fully saturated rings. The summed E-state index contributed by atoms with van der Waals surface area (Å²) in [5.74, 6) is -3.83. The molecular formula is C17H19F3N4O2. The van der Waals surface area contributed by atoms with Crippen molar-refractivity contribution in [3.05, 3.63) is 46.9 Å². The number of nitrogens with zero attached hydrogens (tertiary/aromatic N) is 4. The molecule has 1 aromatic heterocycles. The van der Waals surface area contributed by atoms with Crippen LogP contribution < -0.4 is 0 Å². The van der Waals surface area contributed by atoms with Crippen molar-refractivity contribution in [2.24, 2.45) is 0 Å². The Bertz CT molecular complexity index is 801. The summed E-state index contributed by atoms with van der Waals surface area (Å²) in [6.45, 7) is 6.09. The summed E-state index contributed by atoms with van der Waals surface area (Å²) in [6.07, 6.45) is 0. The predicted octanol–water partition coefficient (Wildman–Crippen LogP) is 2.57. The lowest BCUT2D eigenvalue weighted by atomic mass is 10.1. The Kier molecular flexibility index (Phi) is 5.26. The van der Waals surface area contributed by atoms with E-state index in [9.17, 15) is 18.0 Å². The first-order valence-corrected chi connectivity index (χ1v) is 8.34. The molecule has 2 heterocycles. The standard InChI is InChI=1S/C17H19F3N4O2/c1-10(2)16-22-21-13(26-16)9-23-5-7-24(8-6-23)17(25)11-3-4-12(18)15(20)14(11)19/h3-4,10H,5-9H2,1-2H3. The van der Waals surface area contributed by atoms with Gasteiger partial charge in [-0.2, -0.15) is 0 Å². The first-order valence-electron chi connectivity index (χ1n) is 8.34. The van der Waals surface area contributed by atoms with E-state index in [0.29, 0.717) is 44.5 Å². The summed E-state index contributed by atoms with van der Waals surface area (Å²) in [5.41, 5.74) is -0.462. The lowest BCUT2D eigenvalue weighted by molar-refractivity contribution is 0.0611. The molecule has 0 saturated carbocycles. The van der Waals surface area contributed by atoms with Crippen molar-refractivity contribution in [2.45, 2.75) is 26.3 Å². The molecule has 0 unspecified atom stereocenters. The van der Waals surface area contributed by atoms with Crippen LogP contribution in [0.15, 0.2) is 16.5 Å². The smallest absolute Gasteiger partial charge is 0.257 e. The van der Waals surface area contributed by atoms with Gasteiger partial charge >= 0.3 is 0 Å². The van der Waals surface area contributed by atoms with Crippen LogP contribution in [-0.4, -0.2) is 52.1 Å². The van der Waals surface area contributed by atoms with Gasteiger partial charge in [0.25, 0.3) is 5.91 Å². The molecule has 1 saturated heterocycles. The molecule has 26 heavy (non-hydrogen) atoms. The van der Waals surface area contributed by atoms with E-state index in [0.717, 1.165) is 12.1 Å². The summed E-state index contributed by atoms with van der Waals surface area (Å²) >= 11 is 0. The van der Waals surface area contributed by atoms with E-state index in [2.05, 4.69) is 10.2 Å². The highest BCUT2D eigenvalue weighted by molar-refractivity contribution is 5.94. The quantitative estimate of drug-likeness (QED) is 0.777. The topological polar surface area (TPSA) is 62.5 Å². The zero-order valence-corrected chi connectivity index (χ0v) is 14.5. The van der Waals surface area contributed by atoms with E-state index in [1.807, 2.05) is 18.7 Å². The third kappa shape index (κ3) is 3.72. The van der Waals surface area contributed by atoms with Gasteiger partial charge in [0.1, 0.15) is 0 Å². The highest BCUT2D eigenvalue weighted by Crippen LogP contribution is 2.19. The van der Waals surface area contributed by atoms with Crippen LogP contribution in [0.1, 0.15) is 41.9 Å². The van der Waals surface area contributed by atoms with Gasteiger partial charge in [-0.25, -0.2) is 13.2 Å². The fourth-order valence-corrected chi connectivity index (χ4v) is 2.73. The van der Waals surface area contributed by atoms with Crippen LogP contribution in [-0.2, 0) is 6.54 Å². The number of hydrogen-bond donors (Lipinski definition) is 0. The molecule has 0 atom stereocenters. The highest BCUT2D eigenvalue weighted by atomic mass is 19.2. The molecule has 3 rings (SSSR count). The minimum absolute atomic E-state index is 0.150. The predicted molar refractivity (Wildman–Crippen MR) is 85.9 cm³/mol. The van der Waals surface area contributed by atoms with Gasteiger partial charge in [-0.3, -0.25) is 9.69 Å². The van der Waals surface area contributed by atoms with Gasteiger partial charge in [-0.1, -0.05) is 13.8 Å². The van der Waals surface area contributed by atoms with Gasteiger partial charge in [-0.05, 0) is 12.1 Å². The van der Waals surface area contributed by atoms with E-state index in [4.69, 9.17) is 4.42 Å². The van der Waals surface area contributed by atoms with E-state index in [1.165, 1.54) is 4.90 Å². The van der Waals surface area contributed by atoms with Crippen molar-refractivity contribution in [2.75, 3.05) is 26.2 Å². The van der Waals surface area contributed by atoms with E-state index < -0.39 is 28.9 Å². The molecule has 2 aromatic rings. The first kappa shape index (κ1) is 18.4. The third-order valence-electron chi connectivity index (χ3n) is 4.26. The van der Waals surface area contributed by atoms with Gasteiger partial charge < -0.3 is 9.32 Å². The number of amides is 1. The zero-order chi connectivity index (χ0) is 18.8. The summed E-state index contributed by atoms with van der Waals surface area (Å²) < 4.78 is 45.7. The average molecular weight is 368 g/mol. The van der Waals surface area contributed by atoms with Crippen molar-refractivity contribution >= 4 is 5.91 Å². The van der Waals surface area contributed by atoms with Crippen LogP contribution in [0.4, 0.5) is 13.2 Å². The molecule has 1 aliphatic heterocycles. The van der Waals surface area contributed by atoms with Crippen LogP contribution in [0, 0.1) is 17.5 Å². The van der Waals surface area contributed by atoms with E-state index in [-0.39, 0.29) is 5.92 Å². The normalized spacial score (nSPS) is 15.7. The molecule has 1 aliphatic rings. The maximum absolute atomic E-state index is 13.8. The van der Waals surface area contributed by atoms with E-state index in [1.54, 1.807) is 0 Å². The molecule has 1 aromatic carbocycles. The van der Waals surface area contributed by atoms with Crippen LogP contribution >= 0.6 is 0 Å². The number of halogens is 3. The summed E-state index contributed by atoms with van der Waals surface area (Å²) in [6, 6.07) is 1.72. The highest BCUT2D eigenvalue weighted by Gasteiger charge is 2.27. The Morgan fingerprint density at radius 1 is 1.12 bits per heavy atom.